The quantitative estimate of drug-likeness (QED) is 0.857. The highest BCUT2D eigenvalue weighted by Gasteiger charge is 2.14. The molecule has 90 valence electrons. The van der Waals surface area contributed by atoms with Gasteiger partial charge >= 0.3 is 0 Å². The maximum absolute atomic E-state index is 9.29. The zero-order valence-corrected chi connectivity index (χ0v) is 10.9. The predicted molar refractivity (Wildman–Crippen MR) is 70.1 cm³/mol. The van der Waals surface area contributed by atoms with Gasteiger partial charge in [0, 0.05) is 36.8 Å². The molecule has 1 aromatic rings. The molecule has 2 nitrogen and oxygen atoms in total. The second kappa shape index (κ2) is 6.12. The molecule has 1 rings (SSSR count). The second-order valence-electron chi connectivity index (χ2n) is 4.54. The average Bonchev–Trinajstić information content (AvgIpc) is 2.26. The standard InChI is InChI=1S/C13H20ClNO/c1-10(2)11(9-16)8-15(3)13-6-4-12(14)5-7-13/h4-7,10-11,16H,8-9H2,1-3H3. The van der Waals surface area contributed by atoms with E-state index < -0.39 is 0 Å². The SMILES string of the molecule is CC(C)C(CO)CN(C)c1ccc(Cl)cc1. The van der Waals surface area contributed by atoms with Crippen LogP contribution in [0.25, 0.3) is 0 Å². The van der Waals surface area contributed by atoms with Crippen molar-refractivity contribution in [3.05, 3.63) is 29.3 Å². The molecule has 0 bridgehead atoms. The van der Waals surface area contributed by atoms with Crippen LogP contribution in [-0.2, 0) is 0 Å². The number of halogens is 1. The summed E-state index contributed by atoms with van der Waals surface area (Å²) in [5, 5.41) is 10.0. The van der Waals surface area contributed by atoms with Gasteiger partial charge in [-0.25, -0.2) is 0 Å². The molecule has 0 aliphatic heterocycles. The molecule has 0 saturated heterocycles. The normalized spacial score (nSPS) is 12.9. The van der Waals surface area contributed by atoms with E-state index >= 15 is 0 Å². The topological polar surface area (TPSA) is 23.5 Å². The molecule has 1 atom stereocenters. The van der Waals surface area contributed by atoms with E-state index in [2.05, 4.69) is 18.7 Å². The van der Waals surface area contributed by atoms with Crippen LogP contribution >= 0.6 is 11.6 Å². The smallest absolute Gasteiger partial charge is 0.0478 e. The van der Waals surface area contributed by atoms with Crippen LogP contribution in [0.15, 0.2) is 24.3 Å². The summed E-state index contributed by atoms with van der Waals surface area (Å²) in [6.45, 7) is 5.36. The fourth-order valence-corrected chi connectivity index (χ4v) is 1.76. The minimum absolute atomic E-state index is 0.232. The Bertz CT molecular complexity index is 310. The Morgan fingerprint density at radius 3 is 2.25 bits per heavy atom. The third-order valence-electron chi connectivity index (χ3n) is 2.95. The van der Waals surface area contributed by atoms with Gasteiger partial charge in [0.15, 0.2) is 0 Å². The maximum atomic E-state index is 9.29. The van der Waals surface area contributed by atoms with Gasteiger partial charge in [-0.2, -0.15) is 0 Å². The lowest BCUT2D eigenvalue weighted by Gasteiger charge is -2.27. The van der Waals surface area contributed by atoms with Crippen molar-refractivity contribution in [2.24, 2.45) is 11.8 Å². The molecule has 0 aliphatic carbocycles. The van der Waals surface area contributed by atoms with Crippen LogP contribution in [0.3, 0.4) is 0 Å². The zero-order valence-electron chi connectivity index (χ0n) is 10.2. The first kappa shape index (κ1) is 13.3. The third kappa shape index (κ3) is 3.69. The Hall–Kier alpha value is -0.730. The van der Waals surface area contributed by atoms with Crippen LogP contribution in [0.1, 0.15) is 13.8 Å². The summed E-state index contributed by atoms with van der Waals surface area (Å²) < 4.78 is 0. The second-order valence-corrected chi connectivity index (χ2v) is 4.98. The first-order chi connectivity index (χ1) is 7.54. The lowest BCUT2D eigenvalue weighted by molar-refractivity contribution is 0.193. The van der Waals surface area contributed by atoms with Crippen molar-refractivity contribution in [3.8, 4) is 0 Å². The van der Waals surface area contributed by atoms with E-state index in [9.17, 15) is 5.11 Å². The van der Waals surface area contributed by atoms with Gasteiger partial charge in [0.1, 0.15) is 0 Å². The zero-order chi connectivity index (χ0) is 12.1. The number of hydrogen-bond donors (Lipinski definition) is 1. The minimum Gasteiger partial charge on any atom is -0.396 e. The van der Waals surface area contributed by atoms with Gasteiger partial charge in [0.05, 0.1) is 0 Å². The lowest BCUT2D eigenvalue weighted by Crippen LogP contribution is -2.30. The van der Waals surface area contributed by atoms with Gasteiger partial charge in [-0.3, -0.25) is 0 Å². The van der Waals surface area contributed by atoms with E-state index in [1.807, 2.05) is 31.3 Å². The Morgan fingerprint density at radius 1 is 1.25 bits per heavy atom. The summed E-state index contributed by atoms with van der Waals surface area (Å²) in [5.41, 5.74) is 1.13. The molecule has 0 aromatic heterocycles. The van der Waals surface area contributed by atoms with E-state index in [1.54, 1.807) is 0 Å². The molecular formula is C13H20ClNO. The summed E-state index contributed by atoms with van der Waals surface area (Å²) in [5.74, 6) is 0.792. The summed E-state index contributed by atoms with van der Waals surface area (Å²) in [7, 11) is 2.04. The number of aliphatic hydroxyl groups excluding tert-OH is 1. The van der Waals surface area contributed by atoms with Crippen molar-refractivity contribution in [1.29, 1.82) is 0 Å². The van der Waals surface area contributed by atoms with Gasteiger partial charge in [-0.05, 0) is 30.2 Å². The van der Waals surface area contributed by atoms with Gasteiger partial charge in [0.2, 0.25) is 0 Å². The number of nitrogens with zero attached hydrogens (tertiary/aromatic N) is 1. The minimum atomic E-state index is 0.232. The fourth-order valence-electron chi connectivity index (χ4n) is 1.63. The molecular weight excluding hydrogens is 222 g/mol. The Kier molecular flexibility index (Phi) is 5.10. The third-order valence-corrected chi connectivity index (χ3v) is 3.21. The molecule has 1 N–H and O–H groups in total. The first-order valence-corrected chi connectivity index (χ1v) is 6.00. The highest BCUT2D eigenvalue weighted by molar-refractivity contribution is 6.30. The summed E-state index contributed by atoms with van der Waals surface area (Å²) in [4.78, 5) is 2.15. The van der Waals surface area contributed by atoms with E-state index in [-0.39, 0.29) is 6.61 Å². The van der Waals surface area contributed by atoms with Gasteiger partial charge in [-0.1, -0.05) is 25.4 Å². The van der Waals surface area contributed by atoms with Crippen molar-refractivity contribution >= 4 is 17.3 Å². The van der Waals surface area contributed by atoms with Crippen LogP contribution < -0.4 is 4.90 Å². The number of aliphatic hydroxyl groups is 1. The Balaban J connectivity index is 2.64. The first-order valence-electron chi connectivity index (χ1n) is 5.62. The van der Waals surface area contributed by atoms with E-state index in [4.69, 9.17) is 11.6 Å². The van der Waals surface area contributed by atoms with Crippen molar-refractivity contribution in [2.75, 3.05) is 25.1 Å². The summed E-state index contributed by atoms with van der Waals surface area (Å²) in [6.07, 6.45) is 0. The molecule has 16 heavy (non-hydrogen) atoms. The van der Waals surface area contributed by atoms with E-state index in [0.29, 0.717) is 11.8 Å². The number of benzene rings is 1. The van der Waals surface area contributed by atoms with Gasteiger partial charge in [-0.15, -0.1) is 0 Å². The van der Waals surface area contributed by atoms with E-state index in [0.717, 1.165) is 17.3 Å². The monoisotopic (exact) mass is 241 g/mol. The van der Waals surface area contributed by atoms with E-state index in [1.165, 1.54) is 0 Å². The Morgan fingerprint density at radius 2 is 1.81 bits per heavy atom. The summed E-state index contributed by atoms with van der Waals surface area (Å²) >= 11 is 5.84. The van der Waals surface area contributed by atoms with Gasteiger partial charge < -0.3 is 10.0 Å². The summed E-state index contributed by atoms with van der Waals surface area (Å²) in [6, 6.07) is 7.77. The average molecular weight is 242 g/mol. The molecule has 0 heterocycles. The largest absolute Gasteiger partial charge is 0.396 e. The molecule has 0 amide bonds. The van der Waals surface area contributed by atoms with Crippen molar-refractivity contribution in [2.45, 2.75) is 13.8 Å². The van der Waals surface area contributed by atoms with Gasteiger partial charge in [0.25, 0.3) is 0 Å². The highest BCUT2D eigenvalue weighted by Crippen LogP contribution is 2.19. The number of hydrogen-bond acceptors (Lipinski definition) is 2. The fraction of sp³-hybridized carbons (Fsp3) is 0.538. The van der Waals surface area contributed by atoms with Crippen LogP contribution in [0.5, 0.6) is 0 Å². The Labute approximate surface area is 103 Å². The van der Waals surface area contributed by atoms with Crippen molar-refractivity contribution in [1.82, 2.24) is 0 Å². The van der Waals surface area contributed by atoms with Crippen LogP contribution in [0.4, 0.5) is 5.69 Å². The van der Waals surface area contributed by atoms with Crippen LogP contribution in [0, 0.1) is 11.8 Å². The molecule has 3 heteroatoms. The number of anilines is 1. The maximum Gasteiger partial charge on any atom is 0.0478 e. The lowest BCUT2D eigenvalue weighted by atomic mass is 9.96. The molecule has 1 aromatic carbocycles. The molecule has 0 spiro atoms. The molecule has 1 unspecified atom stereocenters. The molecule has 0 saturated carbocycles. The highest BCUT2D eigenvalue weighted by atomic mass is 35.5. The van der Waals surface area contributed by atoms with Crippen molar-refractivity contribution in [3.63, 3.8) is 0 Å². The number of rotatable bonds is 5. The van der Waals surface area contributed by atoms with Crippen LogP contribution in [-0.4, -0.2) is 25.3 Å². The molecule has 0 radical (unpaired) electrons. The predicted octanol–water partition coefficient (Wildman–Crippen LogP) is 3.04. The van der Waals surface area contributed by atoms with Crippen LogP contribution in [0.2, 0.25) is 5.02 Å². The van der Waals surface area contributed by atoms with Crippen molar-refractivity contribution < 1.29 is 5.11 Å². The molecule has 0 aliphatic rings. The molecule has 0 fully saturated rings.